The molecule has 0 saturated carbocycles. The van der Waals surface area contributed by atoms with E-state index < -0.39 is 10.0 Å². The highest BCUT2D eigenvalue weighted by atomic mass is 32.2. The molecule has 3 rings (SSSR count). The number of carbonyl (C=O) groups excluding carboxylic acids is 1. The predicted molar refractivity (Wildman–Crippen MR) is 126 cm³/mol. The summed E-state index contributed by atoms with van der Waals surface area (Å²) in [5.74, 6) is 0.921. The number of rotatable bonds is 8. The zero-order chi connectivity index (χ0) is 23.1. The van der Waals surface area contributed by atoms with Gasteiger partial charge in [-0.3, -0.25) is 9.52 Å². The van der Waals surface area contributed by atoms with Crippen LogP contribution in [-0.2, 0) is 14.8 Å². The van der Waals surface area contributed by atoms with Gasteiger partial charge in [-0.25, -0.2) is 8.42 Å². The molecular formula is C24H24N2O5S. The van der Waals surface area contributed by atoms with Crippen LogP contribution in [0.5, 0.6) is 11.5 Å². The van der Waals surface area contributed by atoms with E-state index in [4.69, 9.17) is 9.47 Å². The third-order valence-corrected chi connectivity index (χ3v) is 6.13. The van der Waals surface area contributed by atoms with Crippen LogP contribution in [-0.4, -0.2) is 28.5 Å². The Bertz CT molecular complexity index is 1240. The fourth-order valence-corrected chi connectivity index (χ4v) is 4.27. The van der Waals surface area contributed by atoms with Crippen LogP contribution in [0, 0.1) is 6.92 Å². The monoisotopic (exact) mass is 452 g/mol. The number of aryl methyl sites for hydroxylation is 1. The number of amides is 1. The Morgan fingerprint density at radius 3 is 2.25 bits per heavy atom. The maximum absolute atomic E-state index is 12.9. The Balaban J connectivity index is 1.75. The van der Waals surface area contributed by atoms with E-state index in [0.29, 0.717) is 28.4 Å². The van der Waals surface area contributed by atoms with Crippen molar-refractivity contribution in [1.82, 2.24) is 0 Å². The molecule has 0 heterocycles. The Labute approximate surface area is 187 Å². The van der Waals surface area contributed by atoms with Crippen LogP contribution < -0.4 is 19.5 Å². The van der Waals surface area contributed by atoms with Crippen LogP contribution in [0.2, 0.25) is 0 Å². The SMILES string of the molecule is COc1ccc(NS(=O)(=O)c2cc(NC(=O)/C=C/c3cccc(OC)c3)ccc2C)cc1. The molecule has 0 fully saturated rings. The molecule has 0 atom stereocenters. The van der Waals surface area contributed by atoms with Gasteiger partial charge in [-0.15, -0.1) is 0 Å². The van der Waals surface area contributed by atoms with Crippen molar-refractivity contribution in [1.29, 1.82) is 0 Å². The van der Waals surface area contributed by atoms with Crippen LogP contribution in [0.15, 0.2) is 77.7 Å². The highest BCUT2D eigenvalue weighted by molar-refractivity contribution is 7.92. The summed E-state index contributed by atoms with van der Waals surface area (Å²) in [6, 6.07) is 18.5. The van der Waals surface area contributed by atoms with Crippen molar-refractivity contribution >= 4 is 33.4 Å². The van der Waals surface area contributed by atoms with E-state index in [9.17, 15) is 13.2 Å². The summed E-state index contributed by atoms with van der Waals surface area (Å²) in [5, 5.41) is 2.69. The zero-order valence-corrected chi connectivity index (χ0v) is 18.8. The third kappa shape index (κ3) is 5.89. The maximum atomic E-state index is 12.9. The van der Waals surface area contributed by atoms with Gasteiger partial charge in [-0.1, -0.05) is 18.2 Å². The first-order valence-electron chi connectivity index (χ1n) is 9.71. The summed E-state index contributed by atoms with van der Waals surface area (Å²) in [6.07, 6.45) is 3.02. The van der Waals surface area contributed by atoms with E-state index in [2.05, 4.69) is 10.0 Å². The van der Waals surface area contributed by atoms with Crippen molar-refractivity contribution in [2.75, 3.05) is 24.3 Å². The van der Waals surface area contributed by atoms with Crippen molar-refractivity contribution in [3.8, 4) is 11.5 Å². The number of carbonyl (C=O) groups is 1. The van der Waals surface area contributed by atoms with Crippen molar-refractivity contribution in [2.24, 2.45) is 0 Å². The molecule has 0 unspecified atom stereocenters. The summed E-state index contributed by atoms with van der Waals surface area (Å²) in [5.41, 5.74) is 2.12. The fourth-order valence-electron chi connectivity index (χ4n) is 2.94. The second-order valence-electron chi connectivity index (χ2n) is 6.91. The fraction of sp³-hybridized carbons (Fsp3) is 0.125. The largest absolute Gasteiger partial charge is 0.497 e. The standard InChI is InChI=1S/C24H24N2O5S/c1-17-7-9-20(25-24(27)14-8-18-5-4-6-22(15-18)31-3)16-23(17)32(28,29)26-19-10-12-21(30-2)13-11-19/h4-16,26H,1-3H3,(H,25,27)/b14-8+. The van der Waals surface area contributed by atoms with Gasteiger partial charge < -0.3 is 14.8 Å². The molecule has 3 aromatic rings. The van der Waals surface area contributed by atoms with Crippen LogP contribution in [0.25, 0.3) is 6.08 Å². The number of hydrogen-bond acceptors (Lipinski definition) is 5. The maximum Gasteiger partial charge on any atom is 0.262 e. The van der Waals surface area contributed by atoms with E-state index in [1.807, 2.05) is 18.2 Å². The normalized spacial score (nSPS) is 11.2. The van der Waals surface area contributed by atoms with E-state index in [0.717, 1.165) is 5.56 Å². The number of methoxy groups -OCH3 is 2. The Hall–Kier alpha value is -3.78. The highest BCUT2D eigenvalue weighted by Gasteiger charge is 2.18. The summed E-state index contributed by atoms with van der Waals surface area (Å²) in [6.45, 7) is 1.69. The number of sulfonamides is 1. The molecule has 0 saturated heterocycles. The lowest BCUT2D eigenvalue weighted by molar-refractivity contribution is -0.111. The lowest BCUT2D eigenvalue weighted by atomic mass is 10.2. The first-order valence-corrected chi connectivity index (χ1v) is 11.2. The number of ether oxygens (including phenoxy) is 2. The summed E-state index contributed by atoms with van der Waals surface area (Å²) in [7, 11) is -0.751. The van der Waals surface area contributed by atoms with Gasteiger partial charge in [0.15, 0.2) is 0 Å². The van der Waals surface area contributed by atoms with Crippen molar-refractivity contribution in [3.05, 3.63) is 83.9 Å². The summed E-state index contributed by atoms with van der Waals surface area (Å²) < 4.78 is 38.6. The average Bonchev–Trinajstić information content (AvgIpc) is 2.79. The number of benzene rings is 3. The molecule has 0 aliphatic rings. The third-order valence-electron chi connectivity index (χ3n) is 4.61. The second-order valence-corrected chi connectivity index (χ2v) is 8.56. The minimum atomic E-state index is -3.86. The van der Waals surface area contributed by atoms with E-state index in [1.54, 1.807) is 62.6 Å². The van der Waals surface area contributed by atoms with Crippen LogP contribution in [0.1, 0.15) is 11.1 Å². The second kappa shape index (κ2) is 10.0. The molecule has 0 aromatic heterocycles. The Kier molecular flexibility index (Phi) is 7.17. The summed E-state index contributed by atoms with van der Waals surface area (Å²) >= 11 is 0. The molecular weight excluding hydrogens is 428 g/mol. The topological polar surface area (TPSA) is 93.7 Å². The first kappa shape index (κ1) is 22.9. The van der Waals surface area contributed by atoms with Gasteiger partial charge in [0, 0.05) is 17.5 Å². The molecule has 0 bridgehead atoms. The molecule has 1 amide bonds. The molecule has 0 aliphatic carbocycles. The average molecular weight is 453 g/mol. The quantitative estimate of drug-likeness (QED) is 0.492. The van der Waals surface area contributed by atoms with Gasteiger partial charge in [0.1, 0.15) is 11.5 Å². The van der Waals surface area contributed by atoms with E-state index in [-0.39, 0.29) is 10.8 Å². The van der Waals surface area contributed by atoms with Gasteiger partial charge in [-0.2, -0.15) is 0 Å². The highest BCUT2D eigenvalue weighted by Crippen LogP contribution is 2.24. The molecule has 8 heteroatoms. The Morgan fingerprint density at radius 2 is 1.56 bits per heavy atom. The molecule has 0 aliphatic heterocycles. The predicted octanol–water partition coefficient (Wildman–Crippen LogP) is 4.46. The van der Waals surface area contributed by atoms with Crippen molar-refractivity contribution in [2.45, 2.75) is 11.8 Å². The minimum Gasteiger partial charge on any atom is -0.497 e. The lowest BCUT2D eigenvalue weighted by Crippen LogP contribution is -2.15. The van der Waals surface area contributed by atoms with E-state index in [1.165, 1.54) is 19.3 Å². The minimum absolute atomic E-state index is 0.0721. The van der Waals surface area contributed by atoms with Crippen molar-refractivity contribution in [3.63, 3.8) is 0 Å². The van der Waals surface area contributed by atoms with Gasteiger partial charge >= 0.3 is 0 Å². The molecule has 2 N–H and O–H groups in total. The first-order chi connectivity index (χ1) is 15.3. The number of nitrogens with one attached hydrogen (secondary N) is 2. The van der Waals surface area contributed by atoms with Gasteiger partial charge in [-0.05, 0) is 72.7 Å². The molecule has 3 aromatic carbocycles. The molecule has 32 heavy (non-hydrogen) atoms. The summed E-state index contributed by atoms with van der Waals surface area (Å²) in [4.78, 5) is 12.4. The van der Waals surface area contributed by atoms with Gasteiger partial charge in [0.2, 0.25) is 5.91 Å². The smallest absolute Gasteiger partial charge is 0.262 e. The lowest BCUT2D eigenvalue weighted by Gasteiger charge is -2.12. The molecule has 166 valence electrons. The van der Waals surface area contributed by atoms with Crippen molar-refractivity contribution < 1.29 is 22.7 Å². The van der Waals surface area contributed by atoms with Crippen LogP contribution in [0.4, 0.5) is 11.4 Å². The molecule has 0 spiro atoms. The van der Waals surface area contributed by atoms with Gasteiger partial charge in [0.25, 0.3) is 10.0 Å². The molecule has 7 nitrogen and oxygen atoms in total. The zero-order valence-electron chi connectivity index (χ0n) is 18.0. The molecule has 0 radical (unpaired) electrons. The van der Waals surface area contributed by atoms with E-state index >= 15 is 0 Å². The Morgan fingerprint density at radius 1 is 0.875 bits per heavy atom. The van der Waals surface area contributed by atoms with Crippen LogP contribution in [0.3, 0.4) is 0 Å². The number of anilines is 2. The number of hydrogen-bond donors (Lipinski definition) is 2. The van der Waals surface area contributed by atoms with Gasteiger partial charge in [0.05, 0.1) is 19.1 Å². The van der Waals surface area contributed by atoms with Crippen LogP contribution >= 0.6 is 0 Å².